The molecule has 0 spiro atoms. The molecule has 3 amide bonds. The van der Waals surface area contributed by atoms with E-state index in [-0.39, 0.29) is 11.9 Å². The third-order valence-corrected chi connectivity index (χ3v) is 7.72. The summed E-state index contributed by atoms with van der Waals surface area (Å²) in [5.41, 5.74) is 1.43. The molecule has 0 saturated heterocycles. The minimum absolute atomic E-state index is 0.0376. The first-order chi connectivity index (χ1) is 13.5. The van der Waals surface area contributed by atoms with Crippen molar-refractivity contribution in [2.75, 3.05) is 19.4 Å². The van der Waals surface area contributed by atoms with Crippen LogP contribution in [0.2, 0.25) is 0 Å². The number of fused-ring (bicyclic) bond motifs is 1. The normalized spacial score (nSPS) is 30.4. The number of carbonyl (C=O) groups is 2. The molecule has 2 N–H and O–H groups in total. The number of benzene rings is 1. The molecule has 0 aliphatic heterocycles. The molecule has 0 unspecified atom stereocenters. The third kappa shape index (κ3) is 3.15. The van der Waals surface area contributed by atoms with Crippen LogP contribution < -0.4 is 10.6 Å². The Morgan fingerprint density at radius 1 is 1.07 bits per heavy atom. The average Bonchev–Trinajstić information content (AvgIpc) is 3.04. The Balaban J connectivity index is 1.27. The summed E-state index contributed by atoms with van der Waals surface area (Å²) < 4.78 is 0.901. The van der Waals surface area contributed by atoms with E-state index < -0.39 is 0 Å². The molecule has 1 aromatic carbocycles. The van der Waals surface area contributed by atoms with Crippen LogP contribution in [0.15, 0.2) is 18.2 Å². The van der Waals surface area contributed by atoms with Crippen molar-refractivity contribution in [1.82, 2.24) is 15.2 Å². The molecular weight excluding hydrogens is 372 g/mol. The molecule has 148 valence electrons. The number of amides is 3. The molecule has 1 aromatic heterocycles. The summed E-state index contributed by atoms with van der Waals surface area (Å²) in [7, 11) is 3.47. The highest BCUT2D eigenvalue weighted by Gasteiger charge is 2.48. The number of nitrogens with one attached hydrogen (secondary N) is 2. The van der Waals surface area contributed by atoms with Crippen LogP contribution in [0.1, 0.15) is 42.5 Å². The highest BCUT2D eigenvalue weighted by molar-refractivity contribution is 7.22. The molecule has 0 atom stereocenters. The monoisotopic (exact) mass is 398 g/mol. The summed E-state index contributed by atoms with van der Waals surface area (Å²) >= 11 is 1.41. The molecule has 4 aliphatic rings. The Labute approximate surface area is 168 Å². The maximum atomic E-state index is 12.6. The van der Waals surface area contributed by atoms with Crippen molar-refractivity contribution in [3.63, 3.8) is 0 Å². The van der Waals surface area contributed by atoms with Crippen LogP contribution in [0, 0.1) is 23.7 Å². The first kappa shape index (κ1) is 17.9. The average molecular weight is 399 g/mol. The van der Waals surface area contributed by atoms with Crippen LogP contribution in [0.4, 0.5) is 9.93 Å². The fraction of sp³-hybridized carbons (Fsp3) is 0.571. The first-order valence-corrected chi connectivity index (χ1v) is 11.0. The van der Waals surface area contributed by atoms with E-state index in [1.165, 1.54) is 43.4 Å². The van der Waals surface area contributed by atoms with Crippen molar-refractivity contribution in [3.05, 3.63) is 23.8 Å². The van der Waals surface area contributed by atoms with Crippen molar-refractivity contribution in [2.45, 2.75) is 38.1 Å². The maximum Gasteiger partial charge on any atom is 0.321 e. The molecule has 6 rings (SSSR count). The number of carbonyl (C=O) groups excluding carboxylic acids is 2. The largest absolute Gasteiger partial charge is 0.345 e. The van der Waals surface area contributed by atoms with E-state index in [9.17, 15) is 9.59 Å². The van der Waals surface area contributed by atoms with Gasteiger partial charge in [0.1, 0.15) is 0 Å². The number of thiazole rings is 1. The van der Waals surface area contributed by atoms with Gasteiger partial charge in [0.2, 0.25) is 0 Å². The van der Waals surface area contributed by atoms with Gasteiger partial charge in [0.25, 0.3) is 5.91 Å². The van der Waals surface area contributed by atoms with E-state index in [1.54, 1.807) is 25.1 Å². The Kier molecular flexibility index (Phi) is 4.30. The fourth-order valence-electron chi connectivity index (χ4n) is 5.81. The zero-order chi connectivity index (χ0) is 19.4. The molecule has 6 nitrogen and oxygen atoms in total. The first-order valence-electron chi connectivity index (χ1n) is 10.2. The Hall–Kier alpha value is -2.15. The van der Waals surface area contributed by atoms with Crippen LogP contribution in [0.3, 0.4) is 0 Å². The Morgan fingerprint density at radius 3 is 2.39 bits per heavy atom. The number of rotatable bonds is 3. The maximum absolute atomic E-state index is 12.6. The Morgan fingerprint density at radius 2 is 1.75 bits per heavy atom. The molecule has 2 aromatic rings. The lowest BCUT2D eigenvalue weighted by molar-refractivity contribution is -0.00883. The summed E-state index contributed by atoms with van der Waals surface area (Å²) in [6, 6.07) is 5.62. The molecule has 4 bridgehead atoms. The van der Waals surface area contributed by atoms with Gasteiger partial charge in [-0.2, -0.15) is 0 Å². The van der Waals surface area contributed by atoms with Crippen LogP contribution in [0.5, 0.6) is 0 Å². The molecule has 0 radical (unpaired) electrons. The van der Waals surface area contributed by atoms with Gasteiger partial charge in [0.15, 0.2) is 5.13 Å². The number of hydrogen-bond donors (Lipinski definition) is 2. The van der Waals surface area contributed by atoms with Crippen molar-refractivity contribution < 1.29 is 9.59 Å². The third-order valence-electron chi connectivity index (χ3n) is 6.79. The Bertz CT molecular complexity index is 910. The fourth-order valence-corrected chi connectivity index (χ4v) is 6.71. The smallest absolute Gasteiger partial charge is 0.321 e. The quantitative estimate of drug-likeness (QED) is 0.822. The van der Waals surface area contributed by atoms with E-state index in [2.05, 4.69) is 15.6 Å². The second-order valence-electron chi connectivity index (χ2n) is 8.96. The predicted octanol–water partition coefficient (Wildman–Crippen LogP) is 3.94. The van der Waals surface area contributed by atoms with Gasteiger partial charge in [-0.15, -0.1) is 0 Å². The van der Waals surface area contributed by atoms with E-state index in [4.69, 9.17) is 0 Å². The van der Waals surface area contributed by atoms with Crippen molar-refractivity contribution in [2.24, 2.45) is 23.7 Å². The molecule has 1 heterocycles. The molecular formula is C21H26N4O2S. The number of hydrogen-bond acceptors (Lipinski definition) is 4. The van der Waals surface area contributed by atoms with Crippen LogP contribution in [-0.4, -0.2) is 42.0 Å². The van der Waals surface area contributed by atoms with Crippen molar-refractivity contribution >= 4 is 38.6 Å². The highest BCUT2D eigenvalue weighted by Crippen LogP contribution is 2.53. The molecule has 4 saturated carbocycles. The molecule has 7 heteroatoms. The second-order valence-corrected chi connectivity index (χ2v) is 9.99. The lowest BCUT2D eigenvalue weighted by Crippen LogP contribution is -2.56. The predicted molar refractivity (Wildman–Crippen MR) is 111 cm³/mol. The van der Waals surface area contributed by atoms with Gasteiger partial charge in [-0.1, -0.05) is 11.3 Å². The van der Waals surface area contributed by atoms with Crippen molar-refractivity contribution in [1.29, 1.82) is 0 Å². The van der Waals surface area contributed by atoms with E-state index in [0.717, 1.165) is 22.1 Å². The lowest BCUT2D eigenvalue weighted by atomic mass is 9.54. The molecule has 4 fully saturated rings. The van der Waals surface area contributed by atoms with Gasteiger partial charge in [0, 0.05) is 25.7 Å². The van der Waals surface area contributed by atoms with E-state index in [0.29, 0.717) is 28.6 Å². The summed E-state index contributed by atoms with van der Waals surface area (Å²) in [5.74, 6) is 3.05. The lowest BCUT2D eigenvalue weighted by Gasteiger charge is -2.54. The summed E-state index contributed by atoms with van der Waals surface area (Å²) in [6.45, 7) is 0. The zero-order valence-corrected chi connectivity index (χ0v) is 17.1. The van der Waals surface area contributed by atoms with Crippen molar-refractivity contribution in [3.8, 4) is 0 Å². The molecule has 28 heavy (non-hydrogen) atoms. The van der Waals surface area contributed by atoms with Gasteiger partial charge in [0.05, 0.1) is 10.2 Å². The standard InChI is InChI=1S/C21H26N4O2S/c1-25(2)19(26)13-3-4-16-17(10-13)28-21(22-16)24-20(27)23-18-14-6-11-5-12(8-14)9-15(18)7-11/h3-4,10-12,14-15,18H,5-9H2,1-2H3,(H2,22,23,24,27). The van der Waals surface area contributed by atoms with Gasteiger partial charge in [-0.25, -0.2) is 9.78 Å². The number of anilines is 1. The van der Waals surface area contributed by atoms with Crippen LogP contribution in [-0.2, 0) is 0 Å². The second kappa shape index (κ2) is 6.72. The summed E-state index contributed by atoms with van der Waals surface area (Å²) in [5, 5.41) is 6.75. The minimum atomic E-state index is -0.152. The van der Waals surface area contributed by atoms with Crippen LogP contribution in [0.25, 0.3) is 10.2 Å². The SMILES string of the molecule is CN(C)C(=O)c1ccc2nc(NC(=O)NC3C4CC5CC(C4)CC3C5)sc2c1. The summed E-state index contributed by atoms with van der Waals surface area (Å²) in [6.07, 6.45) is 6.53. The van der Waals surface area contributed by atoms with E-state index >= 15 is 0 Å². The van der Waals surface area contributed by atoms with Crippen LogP contribution >= 0.6 is 11.3 Å². The number of aromatic nitrogens is 1. The topological polar surface area (TPSA) is 74.3 Å². The van der Waals surface area contributed by atoms with E-state index in [1.807, 2.05) is 12.1 Å². The van der Waals surface area contributed by atoms with Gasteiger partial charge in [-0.05, 0) is 74.0 Å². The number of urea groups is 1. The van der Waals surface area contributed by atoms with Gasteiger partial charge < -0.3 is 10.2 Å². The number of nitrogens with zero attached hydrogens (tertiary/aromatic N) is 2. The minimum Gasteiger partial charge on any atom is -0.345 e. The van der Waals surface area contributed by atoms with Gasteiger partial charge in [-0.3, -0.25) is 10.1 Å². The summed E-state index contributed by atoms with van der Waals surface area (Å²) in [4.78, 5) is 30.8. The molecule has 4 aliphatic carbocycles. The zero-order valence-electron chi connectivity index (χ0n) is 16.3. The van der Waals surface area contributed by atoms with Gasteiger partial charge >= 0.3 is 6.03 Å². The highest BCUT2D eigenvalue weighted by atomic mass is 32.1.